The van der Waals surface area contributed by atoms with Gasteiger partial charge in [-0.2, -0.15) is 0 Å². The highest BCUT2D eigenvalue weighted by atomic mass is 16.5. The summed E-state index contributed by atoms with van der Waals surface area (Å²) in [7, 11) is 0. The molecule has 0 saturated carbocycles. The normalized spacial score (nSPS) is 11.5. The second kappa shape index (κ2) is 19.9. The first kappa shape index (κ1) is 32.5. The first-order valence-electron chi connectivity index (χ1n) is 10.4. The Kier molecular flexibility index (Phi) is 19.1. The van der Waals surface area contributed by atoms with Crippen LogP contribution in [0.3, 0.4) is 0 Å². The SMILES string of the molecule is C=CC(=O)OCCCC(CCC(=O)O)C(=O)O.C=CC(=O)OCCCC(CCC(=O)O)C(=O)O. The lowest BCUT2D eigenvalue weighted by Crippen LogP contribution is -2.16. The second-order valence-corrected chi connectivity index (χ2v) is 6.96. The lowest BCUT2D eigenvalue weighted by atomic mass is 9.98. The highest BCUT2D eigenvalue weighted by molar-refractivity contribution is 5.81. The Morgan fingerprint density at radius 1 is 0.618 bits per heavy atom. The van der Waals surface area contributed by atoms with Crippen LogP contribution < -0.4 is 0 Å². The number of aliphatic carboxylic acids is 4. The average Bonchev–Trinajstić information content (AvgIpc) is 2.76. The van der Waals surface area contributed by atoms with Crippen molar-refractivity contribution < 1.29 is 58.7 Å². The summed E-state index contributed by atoms with van der Waals surface area (Å²) in [5.41, 5.74) is 0. The first-order valence-corrected chi connectivity index (χ1v) is 10.4. The van der Waals surface area contributed by atoms with Crippen LogP contribution in [0.5, 0.6) is 0 Å². The zero-order chi connectivity index (χ0) is 26.5. The molecule has 0 radical (unpaired) electrons. The minimum atomic E-state index is -1.03. The zero-order valence-corrected chi connectivity index (χ0v) is 18.8. The fourth-order valence-corrected chi connectivity index (χ4v) is 2.50. The molecule has 4 N–H and O–H groups in total. The molecule has 0 saturated heterocycles. The molecule has 0 aliphatic heterocycles. The average molecular weight is 488 g/mol. The van der Waals surface area contributed by atoms with Crippen LogP contribution in [0, 0.1) is 11.8 Å². The van der Waals surface area contributed by atoms with Gasteiger partial charge in [-0.05, 0) is 38.5 Å². The summed E-state index contributed by atoms with van der Waals surface area (Å²) in [4.78, 5) is 63.5. The molecule has 0 aromatic heterocycles. The van der Waals surface area contributed by atoms with Gasteiger partial charge in [0.25, 0.3) is 0 Å². The minimum absolute atomic E-state index is 0.0834. The summed E-state index contributed by atoms with van der Waals surface area (Å²) in [6, 6.07) is 0. The van der Waals surface area contributed by atoms with E-state index in [4.69, 9.17) is 20.4 Å². The van der Waals surface area contributed by atoms with E-state index in [1.807, 2.05) is 0 Å². The quantitative estimate of drug-likeness (QED) is 0.124. The number of carboxylic acid groups (broad SMARTS) is 4. The van der Waals surface area contributed by atoms with Gasteiger partial charge in [-0.15, -0.1) is 0 Å². The van der Waals surface area contributed by atoms with Crippen LogP contribution in [0.2, 0.25) is 0 Å². The molecule has 34 heavy (non-hydrogen) atoms. The minimum Gasteiger partial charge on any atom is -0.481 e. The molecule has 0 aliphatic carbocycles. The van der Waals surface area contributed by atoms with Crippen molar-refractivity contribution in [2.45, 2.75) is 51.4 Å². The number of hydrogen-bond acceptors (Lipinski definition) is 8. The Morgan fingerprint density at radius 2 is 0.941 bits per heavy atom. The molecule has 0 fully saturated rings. The maximum atomic E-state index is 10.8. The Bertz CT molecular complexity index is 653. The predicted molar refractivity (Wildman–Crippen MR) is 117 cm³/mol. The summed E-state index contributed by atoms with van der Waals surface area (Å²) in [5, 5.41) is 34.5. The Hall–Kier alpha value is -3.70. The highest BCUT2D eigenvalue weighted by Gasteiger charge is 2.19. The highest BCUT2D eigenvalue weighted by Crippen LogP contribution is 2.15. The van der Waals surface area contributed by atoms with E-state index in [0.29, 0.717) is 12.8 Å². The third-order valence-electron chi connectivity index (χ3n) is 4.33. The fraction of sp³-hybridized carbons (Fsp3) is 0.545. The van der Waals surface area contributed by atoms with Crippen LogP contribution in [0.15, 0.2) is 25.3 Å². The molecule has 0 heterocycles. The molecule has 0 amide bonds. The van der Waals surface area contributed by atoms with Crippen LogP contribution in [0.4, 0.5) is 0 Å². The van der Waals surface area contributed by atoms with E-state index in [0.717, 1.165) is 12.2 Å². The Labute approximate surface area is 196 Å². The van der Waals surface area contributed by atoms with Crippen molar-refractivity contribution in [2.75, 3.05) is 13.2 Å². The third kappa shape index (κ3) is 20.2. The summed E-state index contributed by atoms with van der Waals surface area (Å²) in [5.74, 6) is -6.63. The van der Waals surface area contributed by atoms with Crippen molar-refractivity contribution in [1.82, 2.24) is 0 Å². The van der Waals surface area contributed by atoms with Gasteiger partial charge in [0, 0.05) is 25.0 Å². The van der Waals surface area contributed by atoms with E-state index in [1.165, 1.54) is 0 Å². The molecule has 0 aromatic rings. The van der Waals surface area contributed by atoms with E-state index in [2.05, 4.69) is 22.6 Å². The summed E-state index contributed by atoms with van der Waals surface area (Å²) < 4.78 is 9.36. The first-order chi connectivity index (χ1) is 15.9. The standard InChI is InChI=1S/2C11H16O6/c2*1-2-10(14)17-7-3-4-8(11(15)16)5-6-9(12)13/h2*2,8H,1,3-7H2,(H,12,13)(H,15,16). The van der Waals surface area contributed by atoms with E-state index in [1.54, 1.807) is 0 Å². The maximum absolute atomic E-state index is 10.8. The molecule has 0 spiro atoms. The van der Waals surface area contributed by atoms with Crippen molar-refractivity contribution in [3.05, 3.63) is 25.3 Å². The Balaban J connectivity index is 0. The molecule has 0 bridgehead atoms. The molecule has 192 valence electrons. The summed E-state index contributed by atoms with van der Waals surface area (Å²) >= 11 is 0. The predicted octanol–water partition coefficient (Wildman–Crippen LogP) is 2.12. The van der Waals surface area contributed by atoms with E-state index >= 15 is 0 Å². The number of hydrogen-bond donors (Lipinski definition) is 4. The van der Waals surface area contributed by atoms with Gasteiger partial charge in [0.2, 0.25) is 0 Å². The molecule has 12 nitrogen and oxygen atoms in total. The van der Waals surface area contributed by atoms with Crippen LogP contribution >= 0.6 is 0 Å². The van der Waals surface area contributed by atoms with E-state index in [-0.39, 0.29) is 51.7 Å². The second-order valence-electron chi connectivity index (χ2n) is 6.96. The van der Waals surface area contributed by atoms with Crippen LogP contribution in [-0.2, 0) is 38.2 Å². The third-order valence-corrected chi connectivity index (χ3v) is 4.33. The monoisotopic (exact) mass is 488 g/mol. The number of carbonyl (C=O) groups excluding carboxylic acids is 2. The summed E-state index contributed by atoms with van der Waals surface area (Å²) in [6.07, 6.45) is 3.21. The van der Waals surface area contributed by atoms with E-state index < -0.39 is 47.7 Å². The number of rotatable bonds is 18. The number of ether oxygens (including phenoxy) is 2. The van der Waals surface area contributed by atoms with E-state index in [9.17, 15) is 28.8 Å². The van der Waals surface area contributed by atoms with Crippen LogP contribution in [0.25, 0.3) is 0 Å². The summed E-state index contributed by atoms with van der Waals surface area (Å²) in [6.45, 7) is 6.66. The van der Waals surface area contributed by atoms with Gasteiger partial charge in [0.1, 0.15) is 0 Å². The van der Waals surface area contributed by atoms with Crippen molar-refractivity contribution in [1.29, 1.82) is 0 Å². The van der Waals surface area contributed by atoms with Gasteiger partial charge >= 0.3 is 35.8 Å². The van der Waals surface area contributed by atoms with Crippen molar-refractivity contribution in [3.63, 3.8) is 0 Å². The zero-order valence-electron chi connectivity index (χ0n) is 18.8. The molecule has 12 heteroatoms. The molecule has 0 aromatic carbocycles. The van der Waals surface area contributed by atoms with Gasteiger partial charge in [0.05, 0.1) is 25.0 Å². The number of carbonyl (C=O) groups is 6. The maximum Gasteiger partial charge on any atom is 0.330 e. The smallest absolute Gasteiger partial charge is 0.330 e. The lowest BCUT2D eigenvalue weighted by Gasteiger charge is -2.10. The number of esters is 2. The van der Waals surface area contributed by atoms with Crippen molar-refractivity contribution >= 4 is 35.8 Å². The van der Waals surface area contributed by atoms with Gasteiger partial charge in [-0.3, -0.25) is 19.2 Å². The largest absolute Gasteiger partial charge is 0.481 e. The van der Waals surface area contributed by atoms with Crippen LogP contribution in [-0.4, -0.2) is 69.5 Å². The molecular formula is C22H32O12. The van der Waals surface area contributed by atoms with Crippen LogP contribution in [0.1, 0.15) is 51.4 Å². The molecule has 2 unspecified atom stereocenters. The molecule has 2 atom stereocenters. The topological polar surface area (TPSA) is 202 Å². The van der Waals surface area contributed by atoms with Crippen molar-refractivity contribution in [3.8, 4) is 0 Å². The van der Waals surface area contributed by atoms with Gasteiger partial charge in [0.15, 0.2) is 0 Å². The fourth-order valence-electron chi connectivity index (χ4n) is 2.50. The molecular weight excluding hydrogens is 456 g/mol. The molecule has 0 rings (SSSR count). The van der Waals surface area contributed by atoms with Gasteiger partial charge in [-0.25, -0.2) is 9.59 Å². The lowest BCUT2D eigenvalue weighted by molar-refractivity contribution is -0.145. The van der Waals surface area contributed by atoms with Gasteiger partial charge < -0.3 is 29.9 Å². The Morgan fingerprint density at radius 3 is 1.18 bits per heavy atom. The van der Waals surface area contributed by atoms with Gasteiger partial charge in [-0.1, -0.05) is 13.2 Å². The van der Waals surface area contributed by atoms with Crippen molar-refractivity contribution in [2.24, 2.45) is 11.8 Å². The number of carboxylic acids is 4. The molecule has 0 aliphatic rings.